The predicted octanol–water partition coefficient (Wildman–Crippen LogP) is 5.13. The van der Waals surface area contributed by atoms with E-state index in [0.717, 1.165) is 4.90 Å². The largest absolute Gasteiger partial charge is 0.490 e. The molecular formula is C16H19BrClF2NO3. The number of rotatable bonds is 3. The number of likely N-dealkylation sites (tertiary alicyclic amines) is 1. The number of amides is 1. The molecule has 0 spiro atoms. The molecule has 1 aliphatic heterocycles. The highest BCUT2D eigenvalue weighted by atomic mass is 79.9. The third kappa shape index (κ3) is 5.21. The van der Waals surface area contributed by atoms with Gasteiger partial charge in [-0.25, -0.2) is 13.6 Å². The molecule has 2 rings (SSSR count). The smallest absolute Gasteiger partial charge is 0.410 e. The van der Waals surface area contributed by atoms with Crippen LogP contribution in [0.5, 0.6) is 5.75 Å². The van der Waals surface area contributed by atoms with Crippen molar-refractivity contribution in [2.75, 3.05) is 13.2 Å². The van der Waals surface area contributed by atoms with Crippen LogP contribution in [0.2, 0.25) is 5.02 Å². The summed E-state index contributed by atoms with van der Waals surface area (Å²) >= 11 is 9.15. The third-order valence-corrected chi connectivity index (χ3v) is 4.18. The molecule has 1 heterocycles. The SMILES string of the molecule is CC(C)(C)OC(=O)N1CC(F)(F)C[C@H]1COc1ccc(Cl)cc1Br. The Labute approximate surface area is 153 Å². The molecule has 24 heavy (non-hydrogen) atoms. The normalized spacial score (nSPS) is 20.1. The number of nitrogens with zero attached hydrogens (tertiary/aromatic N) is 1. The number of benzene rings is 1. The van der Waals surface area contributed by atoms with E-state index < -0.39 is 36.6 Å². The maximum absolute atomic E-state index is 13.8. The number of ether oxygens (including phenoxy) is 2. The van der Waals surface area contributed by atoms with Gasteiger partial charge < -0.3 is 9.47 Å². The van der Waals surface area contributed by atoms with Crippen molar-refractivity contribution in [1.82, 2.24) is 4.90 Å². The van der Waals surface area contributed by atoms with Crippen molar-refractivity contribution in [1.29, 1.82) is 0 Å². The van der Waals surface area contributed by atoms with E-state index in [1.54, 1.807) is 39.0 Å². The van der Waals surface area contributed by atoms with Crippen LogP contribution in [0.25, 0.3) is 0 Å². The number of alkyl halides is 2. The van der Waals surface area contributed by atoms with Gasteiger partial charge in [0.05, 0.1) is 17.1 Å². The molecule has 1 amide bonds. The number of carbonyl (C=O) groups excluding carboxylic acids is 1. The highest BCUT2D eigenvalue weighted by molar-refractivity contribution is 9.10. The van der Waals surface area contributed by atoms with Gasteiger partial charge in [-0.05, 0) is 54.9 Å². The quantitative estimate of drug-likeness (QED) is 0.673. The molecule has 0 saturated carbocycles. The fourth-order valence-electron chi connectivity index (χ4n) is 2.36. The Kier molecular flexibility index (Phi) is 5.64. The summed E-state index contributed by atoms with van der Waals surface area (Å²) in [7, 11) is 0. The number of hydrogen-bond acceptors (Lipinski definition) is 3. The van der Waals surface area contributed by atoms with Crippen molar-refractivity contribution in [3.8, 4) is 5.75 Å². The van der Waals surface area contributed by atoms with E-state index in [2.05, 4.69) is 15.9 Å². The second kappa shape index (κ2) is 7.04. The van der Waals surface area contributed by atoms with E-state index in [1.165, 1.54) is 0 Å². The van der Waals surface area contributed by atoms with Crippen LogP contribution >= 0.6 is 27.5 Å². The van der Waals surface area contributed by atoms with Crippen molar-refractivity contribution in [3.63, 3.8) is 0 Å². The van der Waals surface area contributed by atoms with Gasteiger partial charge >= 0.3 is 6.09 Å². The Bertz CT molecular complexity index is 622. The fourth-order valence-corrected chi connectivity index (χ4v) is 3.16. The molecule has 1 atom stereocenters. The summed E-state index contributed by atoms with van der Waals surface area (Å²) < 4.78 is 38.9. The van der Waals surface area contributed by atoms with Gasteiger partial charge in [-0.15, -0.1) is 0 Å². The number of hydrogen-bond donors (Lipinski definition) is 0. The monoisotopic (exact) mass is 425 g/mol. The van der Waals surface area contributed by atoms with Crippen LogP contribution in [0.1, 0.15) is 27.2 Å². The van der Waals surface area contributed by atoms with Crippen LogP contribution in [0.15, 0.2) is 22.7 Å². The van der Waals surface area contributed by atoms with Gasteiger partial charge in [-0.2, -0.15) is 0 Å². The van der Waals surface area contributed by atoms with Gasteiger partial charge in [0, 0.05) is 11.4 Å². The van der Waals surface area contributed by atoms with E-state index in [0.29, 0.717) is 15.2 Å². The van der Waals surface area contributed by atoms with Gasteiger partial charge in [-0.3, -0.25) is 4.90 Å². The van der Waals surface area contributed by atoms with E-state index >= 15 is 0 Å². The first-order valence-corrected chi connectivity index (χ1v) is 8.59. The van der Waals surface area contributed by atoms with Gasteiger partial charge in [0.2, 0.25) is 0 Å². The van der Waals surface area contributed by atoms with Crippen molar-refractivity contribution in [2.45, 2.75) is 44.8 Å². The Balaban J connectivity index is 2.07. The van der Waals surface area contributed by atoms with Crippen LogP contribution in [-0.4, -0.2) is 41.7 Å². The minimum absolute atomic E-state index is 0.0605. The molecule has 8 heteroatoms. The molecular weight excluding hydrogens is 408 g/mol. The minimum Gasteiger partial charge on any atom is -0.490 e. The second-order valence-corrected chi connectivity index (χ2v) is 8.00. The van der Waals surface area contributed by atoms with Crippen molar-refractivity contribution < 1.29 is 23.0 Å². The van der Waals surface area contributed by atoms with Crippen LogP contribution in [0.3, 0.4) is 0 Å². The second-order valence-electron chi connectivity index (χ2n) is 6.71. The van der Waals surface area contributed by atoms with Gasteiger partial charge in [0.25, 0.3) is 5.92 Å². The van der Waals surface area contributed by atoms with Gasteiger partial charge in [0.15, 0.2) is 0 Å². The lowest BCUT2D eigenvalue weighted by molar-refractivity contribution is -0.00274. The molecule has 0 bridgehead atoms. The Hall–Kier alpha value is -1.08. The van der Waals surface area contributed by atoms with E-state index in [4.69, 9.17) is 21.1 Å². The summed E-state index contributed by atoms with van der Waals surface area (Å²) in [4.78, 5) is 13.2. The van der Waals surface area contributed by atoms with Crippen molar-refractivity contribution >= 4 is 33.6 Å². The van der Waals surface area contributed by atoms with Crippen LogP contribution < -0.4 is 4.74 Å². The summed E-state index contributed by atoms with van der Waals surface area (Å²) in [6.45, 7) is 4.34. The first-order chi connectivity index (χ1) is 11.0. The molecule has 0 aromatic heterocycles. The zero-order chi connectivity index (χ0) is 18.1. The molecule has 1 aliphatic rings. The van der Waals surface area contributed by atoms with Crippen molar-refractivity contribution in [2.24, 2.45) is 0 Å². The van der Waals surface area contributed by atoms with Crippen LogP contribution in [0, 0.1) is 0 Å². The molecule has 0 radical (unpaired) electrons. The molecule has 1 aromatic carbocycles. The van der Waals surface area contributed by atoms with E-state index in [9.17, 15) is 13.6 Å². The lowest BCUT2D eigenvalue weighted by atomic mass is 10.2. The molecule has 0 aliphatic carbocycles. The average Bonchev–Trinajstić information content (AvgIpc) is 2.71. The van der Waals surface area contributed by atoms with Crippen LogP contribution in [0.4, 0.5) is 13.6 Å². The van der Waals surface area contributed by atoms with Gasteiger partial charge in [0.1, 0.15) is 18.0 Å². The summed E-state index contributed by atoms with van der Waals surface area (Å²) in [5, 5.41) is 0.525. The zero-order valence-electron chi connectivity index (χ0n) is 13.6. The Morgan fingerprint density at radius 2 is 2.12 bits per heavy atom. The molecule has 1 fully saturated rings. The highest BCUT2D eigenvalue weighted by Gasteiger charge is 2.48. The zero-order valence-corrected chi connectivity index (χ0v) is 16.0. The van der Waals surface area contributed by atoms with Crippen molar-refractivity contribution in [3.05, 3.63) is 27.7 Å². The third-order valence-electron chi connectivity index (χ3n) is 3.33. The molecule has 0 unspecified atom stereocenters. The topological polar surface area (TPSA) is 38.8 Å². The fraction of sp³-hybridized carbons (Fsp3) is 0.562. The highest BCUT2D eigenvalue weighted by Crippen LogP contribution is 2.34. The molecule has 0 N–H and O–H groups in total. The van der Waals surface area contributed by atoms with Gasteiger partial charge in [-0.1, -0.05) is 11.6 Å². The first-order valence-electron chi connectivity index (χ1n) is 7.42. The Morgan fingerprint density at radius 1 is 1.46 bits per heavy atom. The average molecular weight is 427 g/mol. The summed E-state index contributed by atoms with van der Waals surface area (Å²) in [5.41, 5.74) is -0.750. The summed E-state index contributed by atoms with van der Waals surface area (Å²) in [6.07, 6.45) is -1.22. The molecule has 1 saturated heterocycles. The predicted molar refractivity (Wildman–Crippen MR) is 90.9 cm³/mol. The number of carbonyl (C=O) groups is 1. The summed E-state index contributed by atoms with van der Waals surface area (Å²) in [5.74, 6) is -2.49. The molecule has 1 aromatic rings. The van der Waals surface area contributed by atoms with E-state index in [-0.39, 0.29) is 6.61 Å². The minimum atomic E-state index is -2.96. The maximum atomic E-state index is 13.8. The molecule has 134 valence electrons. The Morgan fingerprint density at radius 3 is 2.71 bits per heavy atom. The maximum Gasteiger partial charge on any atom is 0.410 e. The lowest BCUT2D eigenvalue weighted by Gasteiger charge is -2.28. The number of halogens is 4. The summed E-state index contributed by atoms with van der Waals surface area (Å²) in [6, 6.07) is 4.15. The first kappa shape index (κ1) is 19.2. The van der Waals surface area contributed by atoms with E-state index in [1.807, 2.05) is 0 Å². The lowest BCUT2D eigenvalue weighted by Crippen LogP contribution is -2.42. The molecule has 4 nitrogen and oxygen atoms in total. The van der Waals surface area contributed by atoms with Crippen LogP contribution in [-0.2, 0) is 4.74 Å². The standard InChI is InChI=1S/C16H19BrClF2NO3/c1-15(2,3)24-14(22)21-9-16(19,20)7-11(21)8-23-13-5-4-10(18)6-12(13)17/h4-6,11H,7-9H2,1-3H3/t11-/m0/s1.